The van der Waals surface area contributed by atoms with Crippen LogP contribution in [0.15, 0.2) is 102 Å². The Morgan fingerprint density at radius 2 is 1.59 bits per heavy atom. The summed E-state index contributed by atoms with van der Waals surface area (Å²) >= 11 is 0. The minimum absolute atomic E-state index is 0.0504. The van der Waals surface area contributed by atoms with Crippen LogP contribution in [0.4, 0.5) is 0 Å². The lowest BCUT2D eigenvalue weighted by atomic mass is 10.2. The van der Waals surface area contributed by atoms with Crippen molar-refractivity contribution in [1.82, 2.24) is 19.6 Å². The van der Waals surface area contributed by atoms with Gasteiger partial charge in [-0.15, -0.1) is 0 Å². The molecule has 0 saturated heterocycles. The zero-order valence-electron chi connectivity index (χ0n) is 18.6. The van der Waals surface area contributed by atoms with Crippen LogP contribution in [-0.2, 0) is 29.5 Å². The minimum atomic E-state index is -3.75. The van der Waals surface area contributed by atoms with Crippen molar-refractivity contribution in [2.75, 3.05) is 6.54 Å². The molecular weight excluding hydrogens is 448 g/mol. The second kappa shape index (κ2) is 10.9. The maximum atomic E-state index is 12.7. The van der Waals surface area contributed by atoms with Crippen molar-refractivity contribution in [3.8, 4) is 0 Å². The van der Waals surface area contributed by atoms with Gasteiger partial charge in [-0.1, -0.05) is 66.7 Å². The van der Waals surface area contributed by atoms with Crippen molar-refractivity contribution < 1.29 is 13.2 Å². The van der Waals surface area contributed by atoms with E-state index in [-0.39, 0.29) is 22.9 Å². The van der Waals surface area contributed by atoms with Crippen molar-refractivity contribution in [2.45, 2.75) is 24.4 Å². The quantitative estimate of drug-likeness (QED) is 0.369. The molecule has 0 saturated carbocycles. The van der Waals surface area contributed by atoms with E-state index in [1.165, 1.54) is 17.7 Å². The van der Waals surface area contributed by atoms with Crippen LogP contribution in [0.5, 0.6) is 0 Å². The number of benzene rings is 3. The van der Waals surface area contributed by atoms with Gasteiger partial charge < -0.3 is 9.88 Å². The number of nitrogens with zero attached hydrogens (tertiary/aromatic N) is 2. The van der Waals surface area contributed by atoms with Gasteiger partial charge in [-0.25, -0.2) is 18.1 Å². The van der Waals surface area contributed by atoms with Crippen LogP contribution in [-0.4, -0.2) is 30.4 Å². The molecule has 2 N–H and O–H groups in total. The third kappa shape index (κ3) is 6.18. The molecule has 3 aromatic carbocycles. The Bertz CT molecular complexity index is 1340. The molecule has 0 aliphatic rings. The van der Waals surface area contributed by atoms with Gasteiger partial charge in [0, 0.05) is 44.0 Å². The van der Waals surface area contributed by atoms with Gasteiger partial charge in [-0.05, 0) is 29.3 Å². The standard InChI is InChI=1S/C26H26N4O3S/c31-26(28-15-14-25-27-16-17-30(25)20-22-10-5-2-6-11-22)23-12-7-13-24(18-23)34(32,33)29-19-21-8-3-1-4-9-21/h1-13,16-18,29H,14-15,19-20H2,(H,28,31). The van der Waals surface area contributed by atoms with E-state index in [1.807, 2.05) is 59.3 Å². The van der Waals surface area contributed by atoms with Crippen LogP contribution in [0.3, 0.4) is 0 Å². The normalized spacial score (nSPS) is 11.3. The van der Waals surface area contributed by atoms with E-state index < -0.39 is 10.0 Å². The average molecular weight is 475 g/mol. The van der Waals surface area contributed by atoms with Gasteiger partial charge in [0.1, 0.15) is 5.82 Å². The van der Waals surface area contributed by atoms with Crippen LogP contribution in [0.1, 0.15) is 27.3 Å². The molecule has 4 aromatic rings. The number of carbonyl (C=O) groups is 1. The van der Waals surface area contributed by atoms with Crippen LogP contribution in [0.25, 0.3) is 0 Å². The van der Waals surface area contributed by atoms with Crippen LogP contribution >= 0.6 is 0 Å². The third-order valence-corrected chi connectivity index (χ3v) is 6.75. The lowest BCUT2D eigenvalue weighted by Gasteiger charge is -2.10. The number of rotatable bonds is 10. The molecule has 7 nitrogen and oxygen atoms in total. The van der Waals surface area contributed by atoms with E-state index in [0.717, 1.165) is 11.4 Å². The summed E-state index contributed by atoms with van der Waals surface area (Å²) in [6, 6.07) is 25.4. The van der Waals surface area contributed by atoms with Crippen LogP contribution < -0.4 is 10.0 Å². The Morgan fingerprint density at radius 1 is 0.882 bits per heavy atom. The van der Waals surface area contributed by atoms with E-state index in [2.05, 4.69) is 27.2 Å². The lowest BCUT2D eigenvalue weighted by molar-refractivity contribution is 0.0953. The predicted molar refractivity (Wildman–Crippen MR) is 131 cm³/mol. The highest BCUT2D eigenvalue weighted by atomic mass is 32.2. The molecule has 0 atom stereocenters. The summed E-state index contributed by atoms with van der Waals surface area (Å²) in [7, 11) is -3.75. The summed E-state index contributed by atoms with van der Waals surface area (Å²) in [4.78, 5) is 17.1. The topological polar surface area (TPSA) is 93.1 Å². The van der Waals surface area contributed by atoms with E-state index in [4.69, 9.17) is 0 Å². The number of imidazole rings is 1. The number of hydrogen-bond donors (Lipinski definition) is 2. The maximum Gasteiger partial charge on any atom is 0.251 e. The molecule has 174 valence electrons. The zero-order chi connectivity index (χ0) is 23.8. The van der Waals surface area contributed by atoms with Crippen molar-refractivity contribution >= 4 is 15.9 Å². The number of nitrogens with one attached hydrogen (secondary N) is 2. The van der Waals surface area contributed by atoms with Gasteiger partial charge in [-0.3, -0.25) is 4.79 Å². The zero-order valence-corrected chi connectivity index (χ0v) is 19.4. The molecule has 1 heterocycles. The second-order valence-corrected chi connectivity index (χ2v) is 9.57. The Morgan fingerprint density at radius 3 is 2.32 bits per heavy atom. The van der Waals surface area contributed by atoms with Gasteiger partial charge in [0.15, 0.2) is 0 Å². The van der Waals surface area contributed by atoms with E-state index >= 15 is 0 Å². The van der Waals surface area contributed by atoms with Gasteiger partial charge in [0.2, 0.25) is 10.0 Å². The lowest BCUT2D eigenvalue weighted by Crippen LogP contribution is -2.27. The number of amides is 1. The molecule has 0 spiro atoms. The van der Waals surface area contributed by atoms with Crippen LogP contribution in [0.2, 0.25) is 0 Å². The highest BCUT2D eigenvalue weighted by Crippen LogP contribution is 2.13. The Hall–Kier alpha value is -3.75. The van der Waals surface area contributed by atoms with Crippen molar-refractivity contribution in [2.24, 2.45) is 0 Å². The molecule has 0 radical (unpaired) electrons. The third-order valence-electron chi connectivity index (χ3n) is 5.35. The van der Waals surface area contributed by atoms with E-state index in [9.17, 15) is 13.2 Å². The Labute approximate surface area is 199 Å². The fourth-order valence-corrected chi connectivity index (χ4v) is 4.61. The molecule has 1 aromatic heterocycles. The van der Waals surface area contributed by atoms with E-state index in [1.54, 1.807) is 18.3 Å². The molecular formula is C26H26N4O3S. The smallest absolute Gasteiger partial charge is 0.251 e. The number of sulfonamides is 1. The molecule has 0 aliphatic carbocycles. The second-order valence-electron chi connectivity index (χ2n) is 7.80. The molecule has 0 fully saturated rings. The largest absolute Gasteiger partial charge is 0.352 e. The summed E-state index contributed by atoms with van der Waals surface area (Å²) in [6.45, 7) is 1.27. The fraction of sp³-hybridized carbons (Fsp3) is 0.154. The average Bonchev–Trinajstić information content (AvgIpc) is 3.31. The van der Waals surface area contributed by atoms with Gasteiger partial charge in [-0.2, -0.15) is 0 Å². The maximum absolute atomic E-state index is 12.7. The summed E-state index contributed by atoms with van der Waals surface area (Å²) in [5.41, 5.74) is 2.31. The molecule has 1 amide bonds. The SMILES string of the molecule is O=C(NCCc1nccn1Cc1ccccc1)c1cccc(S(=O)(=O)NCc2ccccc2)c1. The van der Waals surface area contributed by atoms with Crippen LogP contribution in [0, 0.1) is 0 Å². The molecule has 4 rings (SSSR count). The molecule has 34 heavy (non-hydrogen) atoms. The number of carbonyl (C=O) groups excluding carboxylic acids is 1. The molecule has 8 heteroatoms. The first-order valence-corrected chi connectivity index (χ1v) is 12.5. The Kier molecular flexibility index (Phi) is 7.51. The first-order chi connectivity index (χ1) is 16.5. The van der Waals surface area contributed by atoms with Gasteiger partial charge >= 0.3 is 0 Å². The van der Waals surface area contributed by atoms with Gasteiger partial charge in [0.25, 0.3) is 5.91 Å². The first kappa shape index (κ1) is 23.4. The van der Waals surface area contributed by atoms with Crippen molar-refractivity contribution in [3.05, 3.63) is 120 Å². The monoisotopic (exact) mass is 474 g/mol. The molecule has 0 aliphatic heterocycles. The van der Waals surface area contributed by atoms with Crippen molar-refractivity contribution in [3.63, 3.8) is 0 Å². The number of hydrogen-bond acceptors (Lipinski definition) is 4. The number of aromatic nitrogens is 2. The summed E-state index contributed by atoms with van der Waals surface area (Å²) in [6.07, 6.45) is 4.22. The highest BCUT2D eigenvalue weighted by molar-refractivity contribution is 7.89. The first-order valence-electron chi connectivity index (χ1n) is 11.0. The summed E-state index contributed by atoms with van der Waals surface area (Å²) in [5.74, 6) is 0.534. The Balaban J connectivity index is 1.34. The molecule has 0 bridgehead atoms. The van der Waals surface area contributed by atoms with Gasteiger partial charge in [0.05, 0.1) is 4.90 Å². The summed E-state index contributed by atoms with van der Waals surface area (Å²) < 4.78 is 30.0. The van der Waals surface area contributed by atoms with E-state index in [0.29, 0.717) is 19.5 Å². The fourth-order valence-electron chi connectivity index (χ4n) is 3.54. The minimum Gasteiger partial charge on any atom is -0.352 e. The van der Waals surface area contributed by atoms with Crippen molar-refractivity contribution in [1.29, 1.82) is 0 Å². The molecule has 0 unspecified atom stereocenters. The summed E-state index contributed by atoms with van der Waals surface area (Å²) in [5, 5.41) is 2.86. The highest BCUT2D eigenvalue weighted by Gasteiger charge is 2.16. The predicted octanol–water partition coefficient (Wildman–Crippen LogP) is 3.38.